The summed E-state index contributed by atoms with van der Waals surface area (Å²) < 4.78 is 2.55. The number of aromatic nitrogens is 4. The molecule has 0 aliphatic rings. The highest BCUT2D eigenvalue weighted by Crippen LogP contribution is 2.44. The summed E-state index contributed by atoms with van der Waals surface area (Å²) >= 11 is 1.85. The fraction of sp³-hybridized carbons (Fsp3) is 0. The Morgan fingerprint density at radius 3 is 1.17 bits per heavy atom. The van der Waals surface area contributed by atoms with Crippen molar-refractivity contribution in [2.45, 2.75) is 0 Å². The molecule has 12 rings (SSSR count). The van der Waals surface area contributed by atoms with Gasteiger partial charge in [-0.2, -0.15) is 0 Å². The average molecular weight is 821 g/mol. The molecule has 5 heteroatoms. The summed E-state index contributed by atoms with van der Waals surface area (Å²) in [5.74, 6) is 1.88. The van der Waals surface area contributed by atoms with Gasteiger partial charge in [0, 0.05) is 53.2 Å². The molecule has 0 spiro atoms. The van der Waals surface area contributed by atoms with Gasteiger partial charge in [0.05, 0.1) is 11.2 Å². The molecule has 4 nitrogen and oxygen atoms in total. The van der Waals surface area contributed by atoms with E-state index in [1.165, 1.54) is 47.5 Å². The molecule has 0 unspecified atom stereocenters. The zero-order valence-corrected chi connectivity index (χ0v) is 34.8. The highest BCUT2D eigenvalue weighted by atomic mass is 32.1. The molecule has 3 heterocycles. The lowest BCUT2D eigenvalue weighted by molar-refractivity contribution is 1.07. The van der Waals surface area contributed by atoms with E-state index in [1.54, 1.807) is 0 Å². The lowest BCUT2D eigenvalue weighted by atomic mass is 9.98. The van der Waals surface area contributed by atoms with Crippen molar-refractivity contribution in [2.24, 2.45) is 0 Å². The molecule has 0 saturated heterocycles. The first-order chi connectivity index (χ1) is 31.2. The van der Waals surface area contributed by atoms with Gasteiger partial charge >= 0.3 is 0 Å². The van der Waals surface area contributed by atoms with Gasteiger partial charge in [0.25, 0.3) is 0 Å². The van der Waals surface area contributed by atoms with Crippen LogP contribution >= 0.6 is 11.3 Å². The second kappa shape index (κ2) is 15.4. The molecule has 294 valence electrons. The second-order valence-corrected chi connectivity index (χ2v) is 16.8. The second-order valence-electron chi connectivity index (χ2n) is 15.8. The summed E-state index contributed by atoms with van der Waals surface area (Å²) in [6.07, 6.45) is 0. The van der Waals surface area contributed by atoms with Crippen molar-refractivity contribution >= 4 is 53.2 Å². The van der Waals surface area contributed by atoms with Crippen LogP contribution in [-0.2, 0) is 0 Å². The maximum atomic E-state index is 5.45. The zero-order valence-electron chi connectivity index (χ0n) is 34.0. The molecule has 0 fully saturated rings. The molecule has 0 aliphatic carbocycles. The summed E-state index contributed by atoms with van der Waals surface area (Å²) in [7, 11) is 0. The van der Waals surface area contributed by atoms with Crippen LogP contribution in [0.4, 0.5) is 0 Å². The van der Waals surface area contributed by atoms with Crippen molar-refractivity contribution in [3.63, 3.8) is 0 Å². The molecule has 12 aromatic rings. The topological polar surface area (TPSA) is 51.6 Å². The molecule has 0 radical (unpaired) electrons. The number of benzene rings is 9. The molecule has 63 heavy (non-hydrogen) atoms. The third kappa shape index (κ3) is 6.72. The number of thiophene rings is 1. The zero-order chi connectivity index (χ0) is 41.7. The largest absolute Gasteiger partial charge is 0.246 e. The monoisotopic (exact) mass is 820 g/mol. The van der Waals surface area contributed by atoms with Crippen molar-refractivity contribution in [3.8, 4) is 78.8 Å². The lowest BCUT2D eigenvalue weighted by Crippen LogP contribution is -2.00. The Hall–Kier alpha value is -8.12. The number of fused-ring (bicyclic) bond motifs is 7. The Morgan fingerprint density at radius 1 is 0.270 bits per heavy atom. The minimum atomic E-state index is 0.623. The molecule has 0 bridgehead atoms. The van der Waals surface area contributed by atoms with Crippen molar-refractivity contribution in [1.82, 2.24) is 19.9 Å². The maximum absolute atomic E-state index is 5.45. The normalized spacial score (nSPS) is 11.5. The molecule has 0 aliphatic heterocycles. The van der Waals surface area contributed by atoms with Gasteiger partial charge < -0.3 is 0 Å². The molecule has 3 aromatic heterocycles. The van der Waals surface area contributed by atoms with E-state index < -0.39 is 0 Å². The van der Waals surface area contributed by atoms with Crippen molar-refractivity contribution < 1.29 is 0 Å². The highest BCUT2D eigenvalue weighted by Gasteiger charge is 2.18. The van der Waals surface area contributed by atoms with Gasteiger partial charge in [-0.3, -0.25) is 0 Å². The van der Waals surface area contributed by atoms with E-state index in [0.717, 1.165) is 55.7 Å². The van der Waals surface area contributed by atoms with E-state index in [9.17, 15) is 0 Å². The van der Waals surface area contributed by atoms with Crippen molar-refractivity contribution in [3.05, 3.63) is 218 Å². The highest BCUT2D eigenvalue weighted by molar-refractivity contribution is 7.26. The lowest BCUT2D eigenvalue weighted by Gasteiger charge is -2.11. The summed E-state index contributed by atoms with van der Waals surface area (Å²) in [6, 6.07) is 76.8. The van der Waals surface area contributed by atoms with Crippen molar-refractivity contribution in [1.29, 1.82) is 0 Å². The van der Waals surface area contributed by atoms with E-state index in [0.29, 0.717) is 17.5 Å². The van der Waals surface area contributed by atoms with Gasteiger partial charge in [0.1, 0.15) is 0 Å². The van der Waals surface area contributed by atoms with Crippen LogP contribution < -0.4 is 0 Å². The number of pyridine rings is 1. The van der Waals surface area contributed by atoms with E-state index in [4.69, 9.17) is 19.9 Å². The third-order valence-electron chi connectivity index (χ3n) is 12.0. The Bertz CT molecular complexity index is 3520. The molecular weight excluding hydrogens is 785 g/mol. The molecule has 9 aromatic carbocycles. The number of hydrogen-bond donors (Lipinski definition) is 0. The average Bonchev–Trinajstić information content (AvgIpc) is 3.77. The fourth-order valence-electron chi connectivity index (χ4n) is 8.69. The van der Waals surface area contributed by atoms with Gasteiger partial charge in [0.15, 0.2) is 17.5 Å². The Balaban J connectivity index is 0.904. The number of hydrogen-bond acceptors (Lipinski definition) is 5. The van der Waals surface area contributed by atoms with E-state index in [2.05, 4.69) is 206 Å². The van der Waals surface area contributed by atoms with Crippen LogP contribution in [0.3, 0.4) is 0 Å². The first-order valence-corrected chi connectivity index (χ1v) is 21.9. The SMILES string of the molecule is c1ccc(-c2ccc(-c3nc(-c4ccc(-c5ccccc5)cc4)nc(-c4ccc(-c5ccc(-c6nc7c8ccccc8ccc7c7sc8ccccc8c67)cc5)cc4)n3)cc2)cc1. The molecule has 0 N–H and O–H groups in total. The van der Waals surface area contributed by atoms with Gasteiger partial charge in [0.2, 0.25) is 0 Å². The predicted octanol–water partition coefficient (Wildman–Crippen LogP) is 15.6. The van der Waals surface area contributed by atoms with E-state index in [1.807, 2.05) is 23.5 Å². The van der Waals surface area contributed by atoms with Crippen LogP contribution in [0.2, 0.25) is 0 Å². The standard InChI is InChI=1S/C58H36N4S/c1-3-11-37(12-4-1)39-21-29-45(30-22-39)56-60-57(46-31-23-40(24-32-46)38-13-5-2-6-14-38)62-58(61-56)47-33-25-42(26-34-47)41-19-27-44(28-20-41)53-52-49-17-9-10-18-51(49)63-55(52)50-36-35-43-15-7-8-16-48(43)54(50)59-53/h1-36H. The fourth-order valence-corrected chi connectivity index (χ4v) is 9.92. The minimum Gasteiger partial charge on any atom is -0.246 e. The van der Waals surface area contributed by atoms with Crippen LogP contribution in [0, 0.1) is 0 Å². The van der Waals surface area contributed by atoms with Gasteiger partial charge in [-0.1, -0.05) is 212 Å². The summed E-state index contributed by atoms with van der Waals surface area (Å²) in [6.45, 7) is 0. The number of nitrogens with zero attached hydrogens (tertiary/aromatic N) is 4. The van der Waals surface area contributed by atoms with E-state index in [-0.39, 0.29) is 0 Å². The Morgan fingerprint density at radius 2 is 0.667 bits per heavy atom. The minimum absolute atomic E-state index is 0.623. The van der Waals surface area contributed by atoms with E-state index >= 15 is 0 Å². The summed E-state index contributed by atoms with van der Waals surface area (Å²) in [4.78, 5) is 20.6. The summed E-state index contributed by atoms with van der Waals surface area (Å²) in [5.41, 5.74) is 12.8. The predicted molar refractivity (Wildman–Crippen MR) is 264 cm³/mol. The number of rotatable bonds is 7. The molecule has 0 atom stereocenters. The first-order valence-electron chi connectivity index (χ1n) is 21.1. The van der Waals surface area contributed by atoms with Crippen LogP contribution in [-0.4, -0.2) is 19.9 Å². The molecule has 0 amide bonds. The van der Waals surface area contributed by atoms with Gasteiger partial charge in [-0.25, -0.2) is 19.9 Å². The smallest absolute Gasteiger partial charge is 0.164 e. The maximum Gasteiger partial charge on any atom is 0.164 e. The van der Waals surface area contributed by atoms with Crippen LogP contribution in [0.1, 0.15) is 0 Å². The van der Waals surface area contributed by atoms with Crippen LogP contribution in [0.15, 0.2) is 218 Å². The molecule has 0 saturated carbocycles. The van der Waals surface area contributed by atoms with Crippen LogP contribution in [0.25, 0.3) is 121 Å². The Kier molecular flexibility index (Phi) is 8.98. The first kappa shape index (κ1) is 36.7. The third-order valence-corrected chi connectivity index (χ3v) is 13.2. The quantitative estimate of drug-likeness (QED) is 0.150. The summed E-state index contributed by atoms with van der Waals surface area (Å²) in [5, 5.41) is 6.03. The Labute approximate surface area is 368 Å². The van der Waals surface area contributed by atoms with Gasteiger partial charge in [-0.15, -0.1) is 11.3 Å². The van der Waals surface area contributed by atoms with Crippen LogP contribution in [0.5, 0.6) is 0 Å². The van der Waals surface area contributed by atoms with Gasteiger partial charge in [-0.05, 0) is 44.8 Å². The van der Waals surface area contributed by atoms with Crippen molar-refractivity contribution in [2.75, 3.05) is 0 Å². The molecular formula is C58H36N4S.